The van der Waals surface area contributed by atoms with Crippen LogP contribution in [0.5, 0.6) is 0 Å². The molecule has 4 nitrogen and oxygen atoms in total. The summed E-state index contributed by atoms with van der Waals surface area (Å²) in [5, 5.41) is 2.40. The quantitative estimate of drug-likeness (QED) is 0.867. The Balaban J connectivity index is 2.39. The number of anilines is 1. The van der Waals surface area contributed by atoms with Crippen molar-refractivity contribution in [3.63, 3.8) is 0 Å². The fourth-order valence-corrected chi connectivity index (χ4v) is 4.57. The molecule has 0 atom stereocenters. The van der Waals surface area contributed by atoms with Crippen molar-refractivity contribution < 1.29 is 8.42 Å². The van der Waals surface area contributed by atoms with Gasteiger partial charge in [-0.2, -0.15) is 0 Å². The van der Waals surface area contributed by atoms with E-state index in [2.05, 4.69) is 20.9 Å². The molecular formula is C11H11BrN2O2S2. The van der Waals surface area contributed by atoms with Gasteiger partial charge >= 0.3 is 0 Å². The number of thiazole rings is 1. The van der Waals surface area contributed by atoms with Gasteiger partial charge in [0.25, 0.3) is 0 Å². The van der Waals surface area contributed by atoms with Crippen LogP contribution < -0.4 is 5.73 Å². The molecule has 96 valence electrons. The van der Waals surface area contributed by atoms with Crippen LogP contribution in [0.1, 0.15) is 10.7 Å². The maximum absolute atomic E-state index is 12.2. The number of nitrogens with zero attached hydrogens (tertiary/aromatic N) is 1. The zero-order valence-corrected chi connectivity index (χ0v) is 12.8. The predicted octanol–water partition coefficient (Wildman–Crippen LogP) is 2.77. The third-order valence-electron chi connectivity index (χ3n) is 2.29. The van der Waals surface area contributed by atoms with Crippen LogP contribution in [0.3, 0.4) is 0 Å². The molecule has 7 heteroatoms. The van der Waals surface area contributed by atoms with Crippen LogP contribution in [0.25, 0.3) is 0 Å². The normalized spacial score (nSPS) is 11.7. The first-order chi connectivity index (χ1) is 8.38. The second-order valence-electron chi connectivity index (χ2n) is 3.82. The van der Waals surface area contributed by atoms with Gasteiger partial charge in [0.2, 0.25) is 0 Å². The number of aryl methyl sites for hydroxylation is 1. The number of hydrogen-bond acceptors (Lipinski definition) is 5. The minimum atomic E-state index is -3.46. The highest BCUT2D eigenvalue weighted by atomic mass is 79.9. The van der Waals surface area contributed by atoms with Crippen LogP contribution in [-0.4, -0.2) is 13.4 Å². The topological polar surface area (TPSA) is 73.0 Å². The molecule has 0 spiro atoms. The third-order valence-corrected chi connectivity index (χ3v) is 5.61. The van der Waals surface area contributed by atoms with Crippen molar-refractivity contribution in [2.75, 3.05) is 5.73 Å². The minimum absolute atomic E-state index is 0.119. The number of halogens is 1. The molecule has 1 aromatic heterocycles. The van der Waals surface area contributed by atoms with Gasteiger partial charge in [0.05, 0.1) is 10.6 Å². The van der Waals surface area contributed by atoms with E-state index in [0.717, 1.165) is 5.69 Å². The molecule has 0 radical (unpaired) electrons. The average molecular weight is 347 g/mol. The van der Waals surface area contributed by atoms with E-state index in [0.29, 0.717) is 9.48 Å². The largest absolute Gasteiger partial charge is 0.398 e. The number of nitrogen functional groups attached to an aromatic ring is 1. The van der Waals surface area contributed by atoms with Crippen molar-refractivity contribution in [2.45, 2.75) is 17.6 Å². The maximum atomic E-state index is 12.2. The Morgan fingerprint density at radius 3 is 2.78 bits per heavy atom. The molecule has 2 N–H and O–H groups in total. The highest BCUT2D eigenvalue weighted by Crippen LogP contribution is 2.26. The van der Waals surface area contributed by atoms with Crippen LogP contribution in [0.4, 0.5) is 5.69 Å². The smallest absolute Gasteiger partial charge is 0.186 e. The lowest BCUT2D eigenvalue weighted by molar-refractivity contribution is 0.595. The molecule has 0 bridgehead atoms. The van der Waals surface area contributed by atoms with E-state index in [1.165, 1.54) is 17.4 Å². The second-order valence-corrected chi connectivity index (χ2v) is 7.64. The fourth-order valence-electron chi connectivity index (χ4n) is 1.49. The molecular weight excluding hydrogens is 336 g/mol. The number of benzene rings is 1. The fraction of sp³-hybridized carbons (Fsp3) is 0.182. The Hall–Kier alpha value is -0.920. The van der Waals surface area contributed by atoms with Gasteiger partial charge in [0.1, 0.15) is 10.8 Å². The van der Waals surface area contributed by atoms with Crippen LogP contribution in [0.2, 0.25) is 0 Å². The van der Waals surface area contributed by atoms with Crippen molar-refractivity contribution in [3.8, 4) is 0 Å². The molecule has 0 aliphatic heterocycles. The Labute approximate surface area is 118 Å². The summed E-state index contributed by atoms with van der Waals surface area (Å²) in [7, 11) is -3.46. The summed E-state index contributed by atoms with van der Waals surface area (Å²) < 4.78 is 25.2. The SMILES string of the molecule is Cc1csc(CS(=O)(=O)c2cc(Br)ccc2N)n1. The average Bonchev–Trinajstić information content (AvgIpc) is 2.66. The van der Waals surface area contributed by atoms with Gasteiger partial charge in [0, 0.05) is 15.5 Å². The first kappa shape index (κ1) is 13.5. The monoisotopic (exact) mass is 346 g/mol. The van der Waals surface area contributed by atoms with Gasteiger partial charge in [0.15, 0.2) is 9.84 Å². The van der Waals surface area contributed by atoms with Crippen LogP contribution in [0, 0.1) is 6.92 Å². The molecule has 0 saturated heterocycles. The van der Waals surface area contributed by atoms with Gasteiger partial charge < -0.3 is 5.73 Å². The molecule has 0 amide bonds. The third kappa shape index (κ3) is 2.90. The Bertz CT molecular complexity index is 680. The summed E-state index contributed by atoms with van der Waals surface area (Å²) in [6.45, 7) is 1.83. The molecule has 2 rings (SSSR count). The molecule has 18 heavy (non-hydrogen) atoms. The molecule has 0 saturated carbocycles. The summed E-state index contributed by atoms with van der Waals surface area (Å²) in [5.74, 6) is -0.119. The van der Waals surface area contributed by atoms with Gasteiger partial charge in [-0.05, 0) is 25.1 Å². The summed E-state index contributed by atoms with van der Waals surface area (Å²) in [5.41, 5.74) is 6.80. The lowest BCUT2D eigenvalue weighted by Gasteiger charge is -2.06. The predicted molar refractivity (Wildman–Crippen MR) is 76.3 cm³/mol. The lowest BCUT2D eigenvalue weighted by Crippen LogP contribution is -2.08. The molecule has 0 aliphatic carbocycles. The molecule has 1 heterocycles. The Morgan fingerprint density at radius 2 is 2.17 bits per heavy atom. The van der Waals surface area contributed by atoms with Crippen molar-refractivity contribution in [1.29, 1.82) is 0 Å². The van der Waals surface area contributed by atoms with Gasteiger partial charge in [-0.15, -0.1) is 11.3 Å². The van der Waals surface area contributed by atoms with Crippen LogP contribution in [0.15, 0.2) is 32.9 Å². The number of rotatable bonds is 3. The molecule has 1 aromatic carbocycles. The second kappa shape index (κ2) is 4.99. The Morgan fingerprint density at radius 1 is 1.44 bits per heavy atom. The zero-order valence-electron chi connectivity index (χ0n) is 9.55. The van der Waals surface area contributed by atoms with E-state index in [4.69, 9.17) is 5.73 Å². The molecule has 2 aromatic rings. The van der Waals surface area contributed by atoms with Gasteiger partial charge in [-0.1, -0.05) is 15.9 Å². The maximum Gasteiger partial charge on any atom is 0.186 e. The number of hydrogen-bond donors (Lipinski definition) is 1. The van der Waals surface area contributed by atoms with E-state index in [-0.39, 0.29) is 16.3 Å². The summed E-state index contributed by atoms with van der Waals surface area (Å²) in [6, 6.07) is 4.80. The van der Waals surface area contributed by atoms with Crippen molar-refractivity contribution in [1.82, 2.24) is 4.98 Å². The molecule has 0 fully saturated rings. The van der Waals surface area contributed by atoms with Crippen LogP contribution >= 0.6 is 27.3 Å². The number of aromatic nitrogens is 1. The molecule has 0 unspecified atom stereocenters. The van der Waals surface area contributed by atoms with E-state index < -0.39 is 9.84 Å². The summed E-state index contributed by atoms with van der Waals surface area (Å²) in [6.07, 6.45) is 0. The van der Waals surface area contributed by atoms with E-state index >= 15 is 0 Å². The highest BCUT2D eigenvalue weighted by Gasteiger charge is 2.20. The summed E-state index contributed by atoms with van der Waals surface area (Å²) in [4.78, 5) is 4.30. The first-order valence-corrected chi connectivity index (χ1v) is 8.40. The van der Waals surface area contributed by atoms with Crippen molar-refractivity contribution >= 4 is 42.8 Å². The van der Waals surface area contributed by atoms with E-state index in [9.17, 15) is 8.42 Å². The van der Waals surface area contributed by atoms with Crippen molar-refractivity contribution in [3.05, 3.63) is 38.8 Å². The van der Waals surface area contributed by atoms with Crippen LogP contribution in [-0.2, 0) is 15.6 Å². The number of nitrogens with two attached hydrogens (primary N) is 1. The zero-order chi connectivity index (χ0) is 13.3. The minimum Gasteiger partial charge on any atom is -0.398 e. The molecule has 0 aliphatic rings. The standard InChI is InChI=1S/C11H11BrN2O2S2/c1-7-5-17-11(14-7)6-18(15,16)10-4-8(12)2-3-9(10)13/h2-5H,6,13H2,1H3. The van der Waals surface area contributed by atoms with Gasteiger partial charge in [-0.25, -0.2) is 13.4 Å². The van der Waals surface area contributed by atoms with Crippen molar-refractivity contribution in [2.24, 2.45) is 0 Å². The lowest BCUT2D eigenvalue weighted by atomic mass is 10.3. The van der Waals surface area contributed by atoms with E-state index in [1.807, 2.05) is 12.3 Å². The Kier molecular flexibility index (Phi) is 3.74. The van der Waals surface area contributed by atoms with Gasteiger partial charge in [-0.3, -0.25) is 0 Å². The summed E-state index contributed by atoms with van der Waals surface area (Å²) >= 11 is 4.58. The highest BCUT2D eigenvalue weighted by molar-refractivity contribution is 9.10. The number of sulfone groups is 1. The van der Waals surface area contributed by atoms with E-state index in [1.54, 1.807) is 12.1 Å². The first-order valence-electron chi connectivity index (χ1n) is 5.07.